The van der Waals surface area contributed by atoms with E-state index in [0.717, 1.165) is 35.7 Å². The minimum absolute atomic E-state index is 0.338. The van der Waals surface area contributed by atoms with Crippen molar-refractivity contribution < 1.29 is 9.53 Å². The van der Waals surface area contributed by atoms with Crippen molar-refractivity contribution in [1.82, 2.24) is 9.88 Å². The first-order valence-corrected chi connectivity index (χ1v) is 8.11. The number of carbonyl (C=O) groups is 1. The molecule has 2 aliphatic rings. The van der Waals surface area contributed by atoms with Crippen molar-refractivity contribution in [3.8, 4) is 16.9 Å². The predicted octanol–water partition coefficient (Wildman–Crippen LogP) is 2.24. The van der Waals surface area contributed by atoms with Crippen LogP contribution in [0.2, 0.25) is 0 Å². The van der Waals surface area contributed by atoms with Gasteiger partial charge in [0.1, 0.15) is 5.75 Å². The first-order chi connectivity index (χ1) is 11.2. The standard InChI is InChI=1S/C18H21N3O2/c1-23-13-6-4-11(5-7-13)15-16(18(19)22)14-10-20-8-9-21(14)17(15)12-2-3-12/h4-7,12,20H,2-3,8-10H2,1H3,(H2,19,22). The summed E-state index contributed by atoms with van der Waals surface area (Å²) in [4.78, 5) is 12.2. The van der Waals surface area contributed by atoms with Crippen molar-refractivity contribution in [3.05, 3.63) is 41.2 Å². The molecule has 1 aliphatic heterocycles. The molecule has 1 saturated carbocycles. The summed E-state index contributed by atoms with van der Waals surface area (Å²) in [5.74, 6) is 1.03. The molecule has 1 fully saturated rings. The van der Waals surface area contributed by atoms with Crippen LogP contribution >= 0.6 is 0 Å². The minimum atomic E-state index is -0.338. The number of hydrogen-bond acceptors (Lipinski definition) is 3. The van der Waals surface area contributed by atoms with Gasteiger partial charge in [0.2, 0.25) is 0 Å². The Hall–Kier alpha value is -2.27. The molecular formula is C18H21N3O2. The molecule has 1 amide bonds. The van der Waals surface area contributed by atoms with Crippen molar-refractivity contribution >= 4 is 5.91 Å². The number of nitrogens with one attached hydrogen (secondary N) is 1. The number of hydrogen-bond donors (Lipinski definition) is 2. The van der Waals surface area contributed by atoms with Gasteiger partial charge in [-0.1, -0.05) is 12.1 Å². The fourth-order valence-electron chi connectivity index (χ4n) is 3.62. The fraction of sp³-hybridized carbons (Fsp3) is 0.389. The maximum atomic E-state index is 12.2. The second kappa shape index (κ2) is 5.42. The first kappa shape index (κ1) is 14.3. The van der Waals surface area contributed by atoms with E-state index in [1.54, 1.807) is 7.11 Å². The fourth-order valence-corrected chi connectivity index (χ4v) is 3.62. The molecule has 2 aromatic rings. The Balaban J connectivity index is 1.95. The van der Waals surface area contributed by atoms with Crippen LogP contribution in [0.25, 0.3) is 11.1 Å². The maximum Gasteiger partial charge on any atom is 0.251 e. The molecule has 0 atom stereocenters. The number of fused-ring (bicyclic) bond motifs is 1. The highest BCUT2D eigenvalue weighted by Crippen LogP contribution is 2.48. The van der Waals surface area contributed by atoms with Gasteiger partial charge in [0.05, 0.1) is 12.7 Å². The van der Waals surface area contributed by atoms with E-state index >= 15 is 0 Å². The van der Waals surface area contributed by atoms with E-state index in [0.29, 0.717) is 18.0 Å². The second-order valence-corrected chi connectivity index (χ2v) is 6.28. The zero-order chi connectivity index (χ0) is 16.0. The Morgan fingerprint density at radius 2 is 2.04 bits per heavy atom. The smallest absolute Gasteiger partial charge is 0.251 e. The van der Waals surface area contributed by atoms with Crippen LogP contribution in [-0.2, 0) is 13.1 Å². The number of methoxy groups -OCH3 is 1. The van der Waals surface area contributed by atoms with Gasteiger partial charge in [-0.05, 0) is 36.5 Å². The Labute approximate surface area is 135 Å². The minimum Gasteiger partial charge on any atom is -0.497 e. The highest BCUT2D eigenvalue weighted by molar-refractivity contribution is 6.02. The molecule has 0 spiro atoms. The van der Waals surface area contributed by atoms with Gasteiger partial charge in [-0.3, -0.25) is 4.79 Å². The number of aromatic nitrogens is 1. The van der Waals surface area contributed by atoms with E-state index in [-0.39, 0.29) is 5.91 Å². The van der Waals surface area contributed by atoms with Crippen LogP contribution in [-0.4, -0.2) is 24.1 Å². The van der Waals surface area contributed by atoms with Crippen molar-refractivity contribution in [2.75, 3.05) is 13.7 Å². The highest BCUT2D eigenvalue weighted by Gasteiger charge is 2.36. The van der Waals surface area contributed by atoms with Crippen LogP contribution in [0, 0.1) is 0 Å². The Bertz CT molecular complexity index is 758. The van der Waals surface area contributed by atoms with Gasteiger partial charge >= 0.3 is 0 Å². The number of benzene rings is 1. The molecule has 5 nitrogen and oxygen atoms in total. The average Bonchev–Trinajstić information content (AvgIpc) is 3.35. The molecule has 5 heteroatoms. The molecule has 0 saturated heterocycles. The Morgan fingerprint density at radius 1 is 1.30 bits per heavy atom. The number of ether oxygens (including phenoxy) is 1. The summed E-state index contributed by atoms with van der Waals surface area (Å²) < 4.78 is 7.57. The third kappa shape index (κ3) is 2.32. The number of nitrogens with two attached hydrogens (primary N) is 1. The summed E-state index contributed by atoms with van der Waals surface area (Å²) in [6.07, 6.45) is 2.39. The van der Waals surface area contributed by atoms with Gasteiger partial charge in [-0.25, -0.2) is 0 Å². The van der Waals surface area contributed by atoms with Gasteiger partial charge < -0.3 is 20.4 Å². The summed E-state index contributed by atoms with van der Waals surface area (Å²) in [6.45, 7) is 2.54. The summed E-state index contributed by atoms with van der Waals surface area (Å²) in [7, 11) is 1.65. The SMILES string of the molecule is COc1ccc(-c2c(C(N)=O)c3n(c2C2CC2)CCNC3)cc1. The molecule has 1 aromatic heterocycles. The van der Waals surface area contributed by atoms with Crippen LogP contribution in [0.3, 0.4) is 0 Å². The molecule has 4 rings (SSSR count). The lowest BCUT2D eigenvalue weighted by Gasteiger charge is -2.19. The summed E-state index contributed by atoms with van der Waals surface area (Å²) >= 11 is 0. The molecule has 1 aliphatic carbocycles. The second-order valence-electron chi connectivity index (χ2n) is 6.28. The quantitative estimate of drug-likeness (QED) is 0.910. The Morgan fingerprint density at radius 3 is 2.65 bits per heavy atom. The van der Waals surface area contributed by atoms with Crippen LogP contribution in [0.1, 0.15) is 40.5 Å². The number of primary amides is 1. The van der Waals surface area contributed by atoms with Crippen LogP contribution in [0.4, 0.5) is 0 Å². The van der Waals surface area contributed by atoms with Crippen LogP contribution < -0.4 is 15.8 Å². The maximum absolute atomic E-state index is 12.2. The van der Waals surface area contributed by atoms with Crippen LogP contribution in [0.5, 0.6) is 5.75 Å². The highest BCUT2D eigenvalue weighted by atomic mass is 16.5. The zero-order valence-electron chi connectivity index (χ0n) is 13.3. The first-order valence-electron chi connectivity index (χ1n) is 8.11. The van der Waals surface area contributed by atoms with E-state index in [1.807, 2.05) is 24.3 Å². The molecule has 2 heterocycles. The van der Waals surface area contributed by atoms with Crippen molar-refractivity contribution in [3.63, 3.8) is 0 Å². The lowest BCUT2D eigenvalue weighted by Crippen LogP contribution is -2.30. The summed E-state index contributed by atoms with van der Waals surface area (Å²) in [5.41, 5.74) is 10.9. The van der Waals surface area contributed by atoms with Gasteiger partial charge in [0.25, 0.3) is 5.91 Å². The molecule has 0 radical (unpaired) electrons. The van der Waals surface area contributed by atoms with Gasteiger partial charge in [0, 0.05) is 36.6 Å². The van der Waals surface area contributed by atoms with Gasteiger partial charge in [-0.2, -0.15) is 0 Å². The predicted molar refractivity (Wildman–Crippen MR) is 88.6 cm³/mol. The van der Waals surface area contributed by atoms with Crippen LogP contribution in [0.15, 0.2) is 24.3 Å². The van der Waals surface area contributed by atoms with Crippen molar-refractivity contribution in [1.29, 1.82) is 0 Å². The molecule has 0 bridgehead atoms. The van der Waals surface area contributed by atoms with E-state index in [2.05, 4.69) is 9.88 Å². The van der Waals surface area contributed by atoms with E-state index in [9.17, 15) is 4.79 Å². The largest absolute Gasteiger partial charge is 0.497 e. The zero-order valence-corrected chi connectivity index (χ0v) is 13.3. The van der Waals surface area contributed by atoms with Gasteiger partial charge in [0.15, 0.2) is 0 Å². The van der Waals surface area contributed by atoms with E-state index in [1.165, 1.54) is 18.5 Å². The summed E-state index contributed by atoms with van der Waals surface area (Å²) in [5, 5.41) is 3.36. The third-order valence-corrected chi connectivity index (χ3v) is 4.81. The molecule has 0 unspecified atom stereocenters. The monoisotopic (exact) mass is 311 g/mol. The summed E-state index contributed by atoms with van der Waals surface area (Å²) in [6, 6.07) is 7.91. The molecule has 1 aromatic carbocycles. The molecular weight excluding hydrogens is 290 g/mol. The van der Waals surface area contributed by atoms with Crippen molar-refractivity contribution in [2.45, 2.75) is 31.8 Å². The van der Waals surface area contributed by atoms with E-state index in [4.69, 9.17) is 10.5 Å². The number of amides is 1. The number of nitrogens with zero attached hydrogens (tertiary/aromatic N) is 1. The lowest BCUT2D eigenvalue weighted by atomic mass is 9.97. The molecule has 23 heavy (non-hydrogen) atoms. The molecule has 120 valence electrons. The molecule has 3 N–H and O–H groups in total. The lowest BCUT2D eigenvalue weighted by molar-refractivity contribution is 0.0999. The number of rotatable bonds is 4. The topological polar surface area (TPSA) is 69.3 Å². The average molecular weight is 311 g/mol. The van der Waals surface area contributed by atoms with E-state index < -0.39 is 0 Å². The normalized spacial score (nSPS) is 16.9. The number of carbonyl (C=O) groups excluding carboxylic acids is 1. The van der Waals surface area contributed by atoms with Gasteiger partial charge in [-0.15, -0.1) is 0 Å². The van der Waals surface area contributed by atoms with Crippen molar-refractivity contribution in [2.24, 2.45) is 5.73 Å². The Kier molecular flexibility index (Phi) is 3.38. The third-order valence-electron chi connectivity index (χ3n) is 4.81.